The standard InChI is InChI=1S/C28H29N5O4/c1-17(34)29-20-7-9-21(10-8-20)33-12-11-22-18(16-33)5-4-6-23(22)24(15-27(35)36)19-13-25-28(26(14-19)37-3)32(2)31-30-25/h4-10,13-14,24H,11-12,15-16H2,1-3H3,(H,29,34)(H,35,36)/t24-/m1/s1. The smallest absolute Gasteiger partial charge is 0.304 e. The zero-order valence-corrected chi connectivity index (χ0v) is 21.1. The highest BCUT2D eigenvalue weighted by Crippen LogP contribution is 2.38. The first-order chi connectivity index (χ1) is 17.8. The molecular formula is C28H29N5O4. The van der Waals surface area contributed by atoms with Crippen LogP contribution >= 0.6 is 0 Å². The number of ether oxygens (including phenoxy) is 1. The molecule has 2 N–H and O–H groups in total. The SMILES string of the molecule is COc1cc([C@@H](CC(=O)O)c2cccc3c2CCN(c2ccc(NC(C)=O)cc2)C3)cc2nnn(C)c12. The van der Waals surface area contributed by atoms with Crippen LogP contribution in [0.4, 0.5) is 11.4 Å². The fraction of sp³-hybridized carbons (Fsp3) is 0.286. The van der Waals surface area contributed by atoms with Crippen molar-refractivity contribution in [1.82, 2.24) is 15.0 Å². The van der Waals surface area contributed by atoms with Crippen LogP contribution in [-0.4, -0.2) is 45.6 Å². The molecule has 0 bridgehead atoms. The minimum Gasteiger partial charge on any atom is -0.494 e. The lowest BCUT2D eigenvalue weighted by Crippen LogP contribution is -2.31. The fourth-order valence-corrected chi connectivity index (χ4v) is 5.26. The number of amides is 1. The summed E-state index contributed by atoms with van der Waals surface area (Å²) in [5.74, 6) is -0.693. The lowest BCUT2D eigenvalue weighted by Gasteiger charge is -2.33. The Bertz CT molecular complexity index is 1480. The van der Waals surface area contributed by atoms with Crippen LogP contribution in [-0.2, 0) is 29.6 Å². The van der Waals surface area contributed by atoms with E-state index in [4.69, 9.17) is 4.74 Å². The van der Waals surface area contributed by atoms with Crippen LogP contribution in [0.2, 0.25) is 0 Å². The number of carboxylic acids is 1. The van der Waals surface area contributed by atoms with Gasteiger partial charge in [-0.25, -0.2) is 4.68 Å². The molecule has 3 aromatic carbocycles. The molecule has 1 atom stereocenters. The number of rotatable bonds is 7. The predicted molar refractivity (Wildman–Crippen MR) is 141 cm³/mol. The maximum absolute atomic E-state index is 12.0. The zero-order chi connectivity index (χ0) is 26.1. The first kappa shape index (κ1) is 24.3. The Hall–Kier alpha value is -4.40. The number of anilines is 2. The van der Waals surface area contributed by atoms with Crippen molar-refractivity contribution in [2.24, 2.45) is 7.05 Å². The molecule has 1 aliphatic heterocycles. The van der Waals surface area contributed by atoms with Crippen molar-refractivity contribution in [2.75, 3.05) is 23.9 Å². The molecule has 9 nitrogen and oxygen atoms in total. The van der Waals surface area contributed by atoms with Gasteiger partial charge >= 0.3 is 5.97 Å². The summed E-state index contributed by atoms with van der Waals surface area (Å²) in [6.07, 6.45) is 0.749. The van der Waals surface area contributed by atoms with Crippen molar-refractivity contribution in [3.63, 3.8) is 0 Å². The van der Waals surface area contributed by atoms with Gasteiger partial charge in [0.2, 0.25) is 5.91 Å². The van der Waals surface area contributed by atoms with Crippen molar-refractivity contribution in [3.05, 3.63) is 76.9 Å². The number of carbonyl (C=O) groups excluding carboxylic acids is 1. The van der Waals surface area contributed by atoms with Gasteiger partial charge in [-0.2, -0.15) is 0 Å². The van der Waals surface area contributed by atoms with Crippen LogP contribution in [0.1, 0.15) is 41.5 Å². The van der Waals surface area contributed by atoms with Crippen molar-refractivity contribution >= 4 is 34.3 Å². The van der Waals surface area contributed by atoms with E-state index in [1.165, 1.54) is 18.1 Å². The van der Waals surface area contributed by atoms with E-state index in [1.807, 2.05) is 48.5 Å². The maximum Gasteiger partial charge on any atom is 0.304 e. The Labute approximate surface area is 214 Å². The quantitative estimate of drug-likeness (QED) is 0.394. The molecule has 9 heteroatoms. The second kappa shape index (κ2) is 9.93. The number of benzene rings is 3. The molecule has 0 unspecified atom stereocenters. The number of hydrogen-bond acceptors (Lipinski definition) is 6. The van der Waals surface area contributed by atoms with Crippen molar-refractivity contribution in [1.29, 1.82) is 0 Å². The number of nitrogens with one attached hydrogen (secondary N) is 1. The molecule has 37 heavy (non-hydrogen) atoms. The predicted octanol–water partition coefficient (Wildman–Crippen LogP) is 4.10. The molecular weight excluding hydrogens is 470 g/mol. The van der Waals surface area contributed by atoms with Crippen LogP contribution in [0, 0.1) is 0 Å². The molecule has 0 fully saturated rings. The number of methoxy groups -OCH3 is 1. The zero-order valence-electron chi connectivity index (χ0n) is 21.1. The Kier molecular flexibility index (Phi) is 6.52. The number of aliphatic carboxylic acids is 1. The molecule has 4 aromatic rings. The number of hydrogen-bond donors (Lipinski definition) is 2. The van der Waals surface area contributed by atoms with Gasteiger partial charge in [0.25, 0.3) is 0 Å². The van der Waals surface area contributed by atoms with Crippen LogP contribution in [0.3, 0.4) is 0 Å². The second-order valence-electron chi connectivity index (χ2n) is 9.34. The van der Waals surface area contributed by atoms with E-state index in [0.29, 0.717) is 11.3 Å². The summed E-state index contributed by atoms with van der Waals surface area (Å²) in [7, 11) is 3.40. The van der Waals surface area contributed by atoms with Crippen LogP contribution in [0.5, 0.6) is 5.75 Å². The Balaban J connectivity index is 1.49. The monoisotopic (exact) mass is 499 g/mol. The Morgan fingerprint density at radius 3 is 2.65 bits per heavy atom. The van der Waals surface area contributed by atoms with Gasteiger partial charge < -0.3 is 20.1 Å². The maximum atomic E-state index is 12.0. The normalized spacial score (nSPS) is 13.8. The second-order valence-corrected chi connectivity index (χ2v) is 9.34. The molecule has 0 saturated heterocycles. The summed E-state index contributed by atoms with van der Waals surface area (Å²) >= 11 is 0. The Morgan fingerprint density at radius 2 is 1.95 bits per heavy atom. The van der Waals surface area contributed by atoms with Crippen molar-refractivity contribution in [3.8, 4) is 5.75 Å². The minimum atomic E-state index is -0.863. The first-order valence-electron chi connectivity index (χ1n) is 12.2. The largest absolute Gasteiger partial charge is 0.494 e. The molecule has 0 saturated carbocycles. The molecule has 0 spiro atoms. The van der Waals surface area contributed by atoms with Crippen LogP contribution in [0.15, 0.2) is 54.6 Å². The number of nitrogens with zero attached hydrogens (tertiary/aromatic N) is 4. The number of aromatic nitrogens is 3. The highest BCUT2D eigenvalue weighted by Gasteiger charge is 2.27. The van der Waals surface area contributed by atoms with E-state index in [1.54, 1.807) is 18.8 Å². The molecule has 1 aliphatic rings. The van der Waals surface area contributed by atoms with Gasteiger partial charge in [0.05, 0.1) is 13.5 Å². The molecule has 1 amide bonds. The lowest BCUT2D eigenvalue weighted by atomic mass is 9.82. The average molecular weight is 500 g/mol. The summed E-state index contributed by atoms with van der Waals surface area (Å²) < 4.78 is 7.28. The highest BCUT2D eigenvalue weighted by molar-refractivity contribution is 5.88. The number of carbonyl (C=O) groups is 2. The van der Waals surface area contributed by atoms with Gasteiger partial charge in [-0.1, -0.05) is 23.4 Å². The lowest BCUT2D eigenvalue weighted by molar-refractivity contribution is -0.137. The third-order valence-corrected chi connectivity index (χ3v) is 6.92. The third kappa shape index (κ3) is 4.84. The summed E-state index contributed by atoms with van der Waals surface area (Å²) in [4.78, 5) is 25.6. The van der Waals surface area contributed by atoms with Gasteiger partial charge in [-0.3, -0.25) is 9.59 Å². The summed E-state index contributed by atoms with van der Waals surface area (Å²) in [5, 5.41) is 21.0. The van der Waals surface area contributed by atoms with E-state index >= 15 is 0 Å². The van der Waals surface area contributed by atoms with Gasteiger partial charge in [0.15, 0.2) is 0 Å². The van der Waals surface area contributed by atoms with Crippen molar-refractivity contribution in [2.45, 2.75) is 32.2 Å². The summed E-state index contributed by atoms with van der Waals surface area (Å²) in [5.41, 5.74) is 7.52. The van der Waals surface area contributed by atoms with Crippen LogP contribution in [0.25, 0.3) is 11.0 Å². The third-order valence-electron chi connectivity index (χ3n) is 6.92. The van der Waals surface area contributed by atoms with E-state index < -0.39 is 5.97 Å². The molecule has 2 heterocycles. The minimum absolute atomic E-state index is 0.0420. The Morgan fingerprint density at radius 1 is 1.16 bits per heavy atom. The van der Waals surface area contributed by atoms with E-state index in [2.05, 4.69) is 26.6 Å². The summed E-state index contributed by atoms with van der Waals surface area (Å²) in [6.45, 7) is 3.01. The van der Waals surface area contributed by atoms with E-state index in [-0.39, 0.29) is 18.2 Å². The number of fused-ring (bicyclic) bond motifs is 2. The first-order valence-corrected chi connectivity index (χ1v) is 12.2. The highest BCUT2D eigenvalue weighted by atomic mass is 16.5. The topological polar surface area (TPSA) is 110 Å². The molecule has 0 aliphatic carbocycles. The number of aryl methyl sites for hydroxylation is 1. The van der Waals surface area contributed by atoms with Gasteiger partial charge in [0, 0.05) is 44.4 Å². The fourth-order valence-electron chi connectivity index (χ4n) is 5.26. The average Bonchev–Trinajstić information content (AvgIpc) is 3.26. The van der Waals surface area contributed by atoms with Gasteiger partial charge in [-0.05, 0) is 65.1 Å². The summed E-state index contributed by atoms with van der Waals surface area (Å²) in [6, 6.07) is 17.8. The van der Waals surface area contributed by atoms with Crippen LogP contribution < -0.4 is 15.0 Å². The molecule has 1 aromatic heterocycles. The molecule has 190 valence electrons. The van der Waals surface area contributed by atoms with Gasteiger partial charge in [0.1, 0.15) is 16.8 Å². The van der Waals surface area contributed by atoms with E-state index in [9.17, 15) is 14.7 Å². The van der Waals surface area contributed by atoms with Crippen molar-refractivity contribution < 1.29 is 19.4 Å². The number of carboxylic acid groups (broad SMARTS) is 1. The molecule has 5 rings (SSSR count). The molecule has 0 radical (unpaired) electrons. The van der Waals surface area contributed by atoms with E-state index in [0.717, 1.165) is 47.5 Å². The van der Waals surface area contributed by atoms with Gasteiger partial charge in [-0.15, -0.1) is 5.10 Å².